The second-order valence-corrected chi connectivity index (χ2v) is 12.2. The first-order chi connectivity index (χ1) is 21.9. The van der Waals surface area contributed by atoms with Crippen molar-refractivity contribution in [2.24, 2.45) is 0 Å². The van der Waals surface area contributed by atoms with Crippen LogP contribution in [-0.2, 0) is 30.8 Å². The van der Waals surface area contributed by atoms with Crippen LogP contribution in [0.25, 0.3) is 22.2 Å². The molecule has 238 valence electrons. The summed E-state index contributed by atoms with van der Waals surface area (Å²) >= 11 is 0. The monoisotopic (exact) mass is 613 g/mol. The normalized spacial score (nSPS) is 17.9. The maximum absolute atomic E-state index is 15.2. The van der Waals surface area contributed by atoms with E-state index in [0.717, 1.165) is 78.1 Å². The summed E-state index contributed by atoms with van der Waals surface area (Å²) in [5.74, 6) is -0.491. The minimum atomic E-state index is -0.281. The van der Waals surface area contributed by atoms with Crippen LogP contribution in [0.15, 0.2) is 48.7 Å². The highest BCUT2D eigenvalue weighted by molar-refractivity contribution is 6.07. The molecule has 2 aromatic heterocycles. The van der Waals surface area contributed by atoms with Crippen LogP contribution in [0.1, 0.15) is 60.8 Å². The zero-order valence-electron chi connectivity index (χ0n) is 26.5. The van der Waals surface area contributed by atoms with Gasteiger partial charge in [-0.15, -0.1) is 0 Å². The van der Waals surface area contributed by atoms with Crippen molar-refractivity contribution in [2.45, 2.75) is 71.8 Å². The highest BCUT2D eigenvalue weighted by Crippen LogP contribution is 2.32. The third-order valence-electron chi connectivity index (χ3n) is 8.87. The molecule has 6 rings (SSSR count). The number of aromatic nitrogens is 3. The average molecular weight is 614 g/mol. The van der Waals surface area contributed by atoms with Crippen molar-refractivity contribution in [2.75, 3.05) is 38.2 Å². The third kappa shape index (κ3) is 7.03. The number of nitrogens with one attached hydrogen (secondary N) is 3. The number of fused-ring (bicyclic) bond motifs is 1. The SMILES string of the molecule is CCc1nc2c(cnn2CC)c(NC2CCOCC2)c1C(=O)NCc1ccc(F)c(-c2cccc(CN3CCN[C@@H](C)C3)c2)c1. The molecule has 9 nitrogen and oxygen atoms in total. The number of carbonyl (C=O) groups is 1. The first-order valence-electron chi connectivity index (χ1n) is 16.3. The number of ether oxygens (including phenoxy) is 1. The third-order valence-corrected chi connectivity index (χ3v) is 8.87. The molecule has 45 heavy (non-hydrogen) atoms. The summed E-state index contributed by atoms with van der Waals surface area (Å²) < 4.78 is 22.6. The van der Waals surface area contributed by atoms with Crippen LogP contribution in [0.2, 0.25) is 0 Å². The fourth-order valence-electron chi connectivity index (χ4n) is 6.49. The molecule has 0 spiro atoms. The number of halogens is 1. The Balaban J connectivity index is 1.24. The number of pyridine rings is 1. The zero-order valence-corrected chi connectivity index (χ0v) is 26.5. The van der Waals surface area contributed by atoms with E-state index in [2.05, 4.69) is 45.0 Å². The number of amides is 1. The van der Waals surface area contributed by atoms with E-state index in [1.807, 2.05) is 36.7 Å². The quantitative estimate of drug-likeness (QED) is 0.228. The highest BCUT2D eigenvalue weighted by Gasteiger charge is 2.25. The molecule has 0 bridgehead atoms. The molecular weight excluding hydrogens is 569 g/mol. The van der Waals surface area contributed by atoms with Crippen molar-refractivity contribution in [1.82, 2.24) is 30.3 Å². The molecule has 2 fully saturated rings. The predicted molar refractivity (Wildman–Crippen MR) is 176 cm³/mol. The smallest absolute Gasteiger partial charge is 0.255 e. The summed E-state index contributed by atoms with van der Waals surface area (Å²) in [5, 5.41) is 15.6. The molecule has 4 aromatic rings. The molecule has 0 radical (unpaired) electrons. The minimum absolute atomic E-state index is 0.191. The molecule has 2 aliphatic rings. The van der Waals surface area contributed by atoms with E-state index >= 15 is 4.39 Å². The first-order valence-corrected chi connectivity index (χ1v) is 16.3. The van der Waals surface area contributed by atoms with Gasteiger partial charge in [-0.1, -0.05) is 31.2 Å². The number of anilines is 1. The number of hydrogen-bond donors (Lipinski definition) is 3. The lowest BCUT2D eigenvalue weighted by Gasteiger charge is -2.31. The van der Waals surface area contributed by atoms with Gasteiger partial charge in [0.2, 0.25) is 0 Å². The van der Waals surface area contributed by atoms with Crippen LogP contribution in [0.5, 0.6) is 0 Å². The Bertz CT molecular complexity index is 1650. The summed E-state index contributed by atoms with van der Waals surface area (Å²) in [4.78, 5) is 21.3. The lowest BCUT2D eigenvalue weighted by atomic mass is 9.99. The lowest BCUT2D eigenvalue weighted by molar-refractivity contribution is 0.0903. The highest BCUT2D eigenvalue weighted by atomic mass is 19.1. The standard InChI is InChI=1S/C35H44FN7O2/c1-4-31-32(33(40-27-11-15-45-16-12-27)29-20-39-43(5-2)34(29)41-31)35(44)38-19-24-9-10-30(36)28(18-24)26-8-6-7-25(17-26)22-42-14-13-37-23(3)21-42/h6-10,17-18,20,23,27,37H,4-5,11-16,19,21-22H2,1-3H3,(H,38,44)(H,40,41)/t23-/m0/s1. The number of hydrogen-bond acceptors (Lipinski definition) is 7. The molecule has 1 amide bonds. The molecule has 0 aliphatic carbocycles. The lowest BCUT2D eigenvalue weighted by Crippen LogP contribution is -2.48. The fourth-order valence-corrected chi connectivity index (χ4v) is 6.49. The van der Waals surface area contributed by atoms with Gasteiger partial charge in [-0.05, 0) is 68.0 Å². The number of nitrogens with zero attached hydrogens (tertiary/aromatic N) is 4. The Morgan fingerprint density at radius 3 is 2.76 bits per heavy atom. The Morgan fingerprint density at radius 1 is 1.13 bits per heavy atom. The molecular formula is C35H44FN7O2. The van der Waals surface area contributed by atoms with Gasteiger partial charge >= 0.3 is 0 Å². The second kappa shape index (κ2) is 14.1. The zero-order chi connectivity index (χ0) is 31.3. The second-order valence-electron chi connectivity index (χ2n) is 12.2. The molecule has 2 saturated heterocycles. The molecule has 10 heteroatoms. The van der Waals surface area contributed by atoms with Crippen LogP contribution >= 0.6 is 0 Å². The topological polar surface area (TPSA) is 96.3 Å². The van der Waals surface area contributed by atoms with Crippen molar-refractivity contribution < 1.29 is 13.9 Å². The van der Waals surface area contributed by atoms with Crippen LogP contribution in [0.3, 0.4) is 0 Å². The summed E-state index contributed by atoms with van der Waals surface area (Å²) in [5.41, 5.74) is 6.17. The van der Waals surface area contributed by atoms with Gasteiger partial charge in [-0.3, -0.25) is 9.69 Å². The van der Waals surface area contributed by atoms with Gasteiger partial charge in [0.25, 0.3) is 5.91 Å². The molecule has 0 unspecified atom stereocenters. The van der Waals surface area contributed by atoms with Gasteiger partial charge in [0.15, 0.2) is 5.65 Å². The van der Waals surface area contributed by atoms with E-state index in [1.165, 1.54) is 6.07 Å². The molecule has 4 heterocycles. The van der Waals surface area contributed by atoms with Crippen LogP contribution < -0.4 is 16.0 Å². The van der Waals surface area contributed by atoms with Crippen molar-refractivity contribution in [3.05, 3.63) is 76.9 Å². The number of rotatable bonds is 10. The van der Waals surface area contributed by atoms with E-state index in [9.17, 15) is 4.79 Å². The number of piperazine rings is 1. The van der Waals surface area contributed by atoms with Gasteiger partial charge in [-0.2, -0.15) is 5.10 Å². The first kappa shape index (κ1) is 31.1. The van der Waals surface area contributed by atoms with Crippen molar-refractivity contribution in [3.63, 3.8) is 0 Å². The van der Waals surface area contributed by atoms with Crippen LogP contribution in [-0.4, -0.2) is 70.5 Å². The molecule has 3 N–H and O–H groups in total. The largest absolute Gasteiger partial charge is 0.381 e. The Labute approximate surface area is 264 Å². The molecule has 1 atom stereocenters. The number of benzene rings is 2. The number of aryl methyl sites for hydroxylation is 2. The van der Waals surface area contributed by atoms with Crippen molar-refractivity contribution >= 4 is 22.6 Å². The Hall–Kier alpha value is -3.86. The Kier molecular flexibility index (Phi) is 9.73. The molecule has 0 saturated carbocycles. The molecule has 2 aromatic carbocycles. The van der Waals surface area contributed by atoms with E-state index in [4.69, 9.17) is 9.72 Å². The summed E-state index contributed by atoms with van der Waals surface area (Å²) in [7, 11) is 0. The summed E-state index contributed by atoms with van der Waals surface area (Å²) in [6.07, 6.45) is 4.12. The van der Waals surface area contributed by atoms with Crippen LogP contribution in [0, 0.1) is 5.82 Å². The average Bonchev–Trinajstić information content (AvgIpc) is 3.47. The van der Waals surface area contributed by atoms with Crippen molar-refractivity contribution in [3.8, 4) is 11.1 Å². The minimum Gasteiger partial charge on any atom is -0.381 e. The number of carbonyl (C=O) groups excluding carboxylic acids is 1. The van der Waals surface area contributed by atoms with E-state index in [-0.39, 0.29) is 24.3 Å². The summed E-state index contributed by atoms with van der Waals surface area (Å²) in [6, 6.07) is 13.8. The van der Waals surface area contributed by atoms with Gasteiger partial charge in [-0.25, -0.2) is 14.1 Å². The van der Waals surface area contributed by atoms with Crippen molar-refractivity contribution in [1.29, 1.82) is 0 Å². The van der Waals surface area contributed by atoms with E-state index in [0.29, 0.717) is 43.3 Å². The van der Waals surface area contributed by atoms with Crippen LogP contribution in [0.4, 0.5) is 10.1 Å². The van der Waals surface area contributed by atoms with Gasteiger partial charge in [0.05, 0.1) is 28.5 Å². The van der Waals surface area contributed by atoms with E-state index < -0.39 is 0 Å². The van der Waals surface area contributed by atoms with Gasteiger partial charge < -0.3 is 20.7 Å². The molecule has 2 aliphatic heterocycles. The fraction of sp³-hybridized carbons (Fsp3) is 0.457. The Morgan fingerprint density at radius 2 is 1.98 bits per heavy atom. The summed E-state index contributed by atoms with van der Waals surface area (Å²) in [6.45, 7) is 12.4. The maximum Gasteiger partial charge on any atom is 0.255 e. The van der Waals surface area contributed by atoms with Gasteiger partial charge in [0.1, 0.15) is 5.82 Å². The van der Waals surface area contributed by atoms with Gasteiger partial charge in [0, 0.05) is 70.1 Å². The van der Waals surface area contributed by atoms with E-state index in [1.54, 1.807) is 12.3 Å². The predicted octanol–water partition coefficient (Wildman–Crippen LogP) is 5.13. The maximum atomic E-state index is 15.2.